The van der Waals surface area contributed by atoms with Crippen molar-refractivity contribution in [3.8, 4) is 0 Å². The molecule has 4 aliphatic carbocycles. The summed E-state index contributed by atoms with van der Waals surface area (Å²) in [6.45, 7) is 9.69. The lowest BCUT2D eigenvalue weighted by atomic mass is 9.43. The van der Waals surface area contributed by atoms with Gasteiger partial charge in [0.25, 0.3) is 0 Å². The van der Waals surface area contributed by atoms with Gasteiger partial charge in [-0.3, -0.25) is 9.59 Å². The zero-order valence-electron chi connectivity index (χ0n) is 20.1. The molecule has 3 fully saturated rings. The smallest absolute Gasteiger partial charge is 0.310 e. The minimum atomic E-state index is -0.0856. The normalized spacial score (nSPS) is 43.0. The Morgan fingerprint density at radius 2 is 1.84 bits per heavy atom. The maximum Gasteiger partial charge on any atom is 0.310 e. The van der Waals surface area contributed by atoms with Crippen LogP contribution in [0, 0.1) is 40.4 Å². The predicted molar refractivity (Wildman–Crippen MR) is 126 cm³/mol. The molecule has 5 rings (SSSR count). The number of hydrogen-bond donors (Lipinski definition) is 0. The monoisotopic (exact) mass is 434 g/mol. The Hall–Kier alpha value is -1.90. The highest BCUT2D eigenvalue weighted by Gasteiger charge is 2.63. The highest BCUT2D eigenvalue weighted by molar-refractivity contribution is 5.91. The minimum absolute atomic E-state index is 0.0250. The summed E-state index contributed by atoms with van der Waals surface area (Å²) in [6.07, 6.45) is 8.41. The molecule has 8 atom stereocenters. The Labute approximate surface area is 193 Å². The first kappa shape index (κ1) is 21.9. The summed E-state index contributed by atoms with van der Waals surface area (Å²) < 4.78 is 6.20. The molecule has 0 aliphatic heterocycles. The molecule has 1 aromatic carbocycles. The van der Waals surface area contributed by atoms with E-state index >= 15 is 0 Å². The number of carbonyl (C=O) groups is 2. The highest BCUT2D eigenvalue weighted by atomic mass is 16.5. The maximum atomic E-state index is 12.8. The van der Waals surface area contributed by atoms with Gasteiger partial charge in [0, 0.05) is 11.8 Å². The summed E-state index contributed by atoms with van der Waals surface area (Å²) in [4.78, 5) is 25.0. The molecule has 3 saturated carbocycles. The van der Waals surface area contributed by atoms with Crippen LogP contribution in [0.15, 0.2) is 42.0 Å². The summed E-state index contributed by atoms with van der Waals surface area (Å²) in [6, 6.07) is 9.93. The average molecular weight is 435 g/mol. The second kappa shape index (κ2) is 7.85. The first-order valence-electron chi connectivity index (χ1n) is 12.7. The number of ketones is 1. The molecule has 1 aromatic rings. The molecule has 0 N–H and O–H groups in total. The molecule has 3 heteroatoms. The van der Waals surface area contributed by atoms with Crippen LogP contribution in [0.5, 0.6) is 0 Å². The van der Waals surface area contributed by atoms with Crippen molar-refractivity contribution in [1.82, 2.24) is 0 Å². The zero-order valence-corrected chi connectivity index (χ0v) is 20.1. The number of carbonyl (C=O) groups excluding carboxylic acids is 2. The van der Waals surface area contributed by atoms with Crippen LogP contribution >= 0.6 is 0 Å². The van der Waals surface area contributed by atoms with Crippen LogP contribution in [-0.2, 0) is 20.7 Å². The van der Waals surface area contributed by atoms with Gasteiger partial charge in [0.1, 0.15) is 6.10 Å². The molecule has 0 saturated heterocycles. The van der Waals surface area contributed by atoms with Crippen molar-refractivity contribution in [2.75, 3.05) is 0 Å². The van der Waals surface area contributed by atoms with Crippen LogP contribution in [0.2, 0.25) is 0 Å². The molecule has 0 spiro atoms. The van der Waals surface area contributed by atoms with E-state index in [1.807, 2.05) is 36.4 Å². The Balaban J connectivity index is 1.39. The molecular weight excluding hydrogens is 396 g/mol. The fourth-order valence-corrected chi connectivity index (χ4v) is 8.68. The lowest BCUT2D eigenvalue weighted by molar-refractivity contribution is -0.165. The van der Waals surface area contributed by atoms with Gasteiger partial charge in [-0.2, -0.15) is 0 Å². The van der Waals surface area contributed by atoms with Gasteiger partial charge < -0.3 is 4.74 Å². The number of hydrogen-bond acceptors (Lipinski definition) is 3. The van der Waals surface area contributed by atoms with E-state index in [9.17, 15) is 9.59 Å². The van der Waals surface area contributed by atoms with E-state index in [0.717, 1.165) is 37.7 Å². The molecule has 3 unspecified atom stereocenters. The van der Waals surface area contributed by atoms with Gasteiger partial charge in [-0.1, -0.05) is 63.6 Å². The Kier molecular flexibility index (Phi) is 5.38. The van der Waals surface area contributed by atoms with Gasteiger partial charge in [-0.05, 0) is 78.7 Å². The minimum Gasteiger partial charge on any atom is -0.462 e. The van der Waals surface area contributed by atoms with Crippen molar-refractivity contribution >= 4 is 11.8 Å². The molecule has 4 aliphatic rings. The van der Waals surface area contributed by atoms with Crippen LogP contribution in [0.1, 0.15) is 71.8 Å². The van der Waals surface area contributed by atoms with E-state index in [4.69, 9.17) is 4.74 Å². The van der Waals surface area contributed by atoms with Crippen molar-refractivity contribution in [2.45, 2.75) is 78.7 Å². The second-order valence-corrected chi connectivity index (χ2v) is 11.8. The lowest BCUT2D eigenvalue weighted by Gasteiger charge is -2.62. The van der Waals surface area contributed by atoms with Gasteiger partial charge in [-0.25, -0.2) is 0 Å². The second-order valence-electron chi connectivity index (χ2n) is 11.8. The lowest BCUT2D eigenvalue weighted by Crippen LogP contribution is -2.57. The SMILES string of the molecule is C[C@@H]1CC2=CC(=O)CC[C@]2(C)C2C1C1CC[C@H](OC(=O)Cc3ccccc3)[C@@]1(C)C[C@@H]2C. The molecule has 3 nitrogen and oxygen atoms in total. The van der Waals surface area contributed by atoms with Crippen LogP contribution in [-0.4, -0.2) is 17.9 Å². The summed E-state index contributed by atoms with van der Waals surface area (Å²) in [5.41, 5.74) is 2.66. The van der Waals surface area contributed by atoms with Gasteiger partial charge in [0.2, 0.25) is 0 Å². The van der Waals surface area contributed by atoms with E-state index in [-0.39, 0.29) is 22.9 Å². The Bertz CT molecular complexity index is 933. The summed E-state index contributed by atoms with van der Waals surface area (Å²) in [7, 11) is 0. The third kappa shape index (κ3) is 3.38. The van der Waals surface area contributed by atoms with Gasteiger partial charge >= 0.3 is 5.97 Å². The first-order chi connectivity index (χ1) is 15.2. The highest BCUT2D eigenvalue weighted by Crippen LogP contribution is 2.68. The summed E-state index contributed by atoms with van der Waals surface area (Å²) in [5.74, 6) is 3.26. The fraction of sp³-hybridized carbons (Fsp3) is 0.655. The fourth-order valence-electron chi connectivity index (χ4n) is 8.68. The van der Waals surface area contributed by atoms with Crippen molar-refractivity contribution in [2.24, 2.45) is 40.4 Å². The Morgan fingerprint density at radius 3 is 2.59 bits per heavy atom. The van der Waals surface area contributed by atoms with E-state index in [1.54, 1.807) is 0 Å². The quantitative estimate of drug-likeness (QED) is 0.535. The molecule has 0 radical (unpaired) electrons. The van der Waals surface area contributed by atoms with Crippen LogP contribution in [0.25, 0.3) is 0 Å². The van der Waals surface area contributed by atoms with Crippen LogP contribution < -0.4 is 0 Å². The van der Waals surface area contributed by atoms with Crippen LogP contribution in [0.3, 0.4) is 0 Å². The molecule has 0 amide bonds. The molecule has 32 heavy (non-hydrogen) atoms. The molecule has 0 bridgehead atoms. The van der Waals surface area contributed by atoms with E-state index < -0.39 is 0 Å². The van der Waals surface area contributed by atoms with Crippen molar-refractivity contribution < 1.29 is 14.3 Å². The average Bonchev–Trinajstić information content (AvgIpc) is 3.05. The third-order valence-electron chi connectivity index (χ3n) is 9.94. The van der Waals surface area contributed by atoms with Crippen molar-refractivity contribution in [1.29, 1.82) is 0 Å². The summed E-state index contributed by atoms with van der Waals surface area (Å²) in [5, 5.41) is 0. The molecule has 172 valence electrons. The number of allylic oxidation sites excluding steroid dienone is 1. The standard InChI is InChI=1S/C29H38O3/c1-18-14-21-16-22(30)12-13-28(21,3)27-19(2)17-29(4)23(26(18)27)10-11-24(29)32-25(31)15-20-8-6-5-7-9-20/h5-9,16,18-19,23-24,26-27H,10-15,17H2,1-4H3/t18-,19+,23?,24+,26?,27?,28+,29+/m1/s1. The number of fused-ring (bicyclic) bond motifs is 5. The summed E-state index contributed by atoms with van der Waals surface area (Å²) >= 11 is 0. The van der Waals surface area contributed by atoms with Gasteiger partial charge in [-0.15, -0.1) is 0 Å². The topological polar surface area (TPSA) is 43.4 Å². The van der Waals surface area contributed by atoms with E-state index in [0.29, 0.717) is 48.2 Å². The Morgan fingerprint density at radius 1 is 1.09 bits per heavy atom. The molecular formula is C29H38O3. The van der Waals surface area contributed by atoms with Crippen LogP contribution in [0.4, 0.5) is 0 Å². The number of ether oxygens (including phenoxy) is 1. The van der Waals surface area contributed by atoms with Gasteiger partial charge in [0.05, 0.1) is 6.42 Å². The number of benzene rings is 1. The van der Waals surface area contributed by atoms with Crippen molar-refractivity contribution in [3.63, 3.8) is 0 Å². The zero-order chi connectivity index (χ0) is 22.7. The van der Waals surface area contributed by atoms with Gasteiger partial charge in [0.15, 0.2) is 5.78 Å². The largest absolute Gasteiger partial charge is 0.462 e. The van der Waals surface area contributed by atoms with E-state index in [2.05, 4.69) is 27.7 Å². The van der Waals surface area contributed by atoms with E-state index in [1.165, 1.54) is 5.57 Å². The maximum absolute atomic E-state index is 12.8. The number of esters is 1. The first-order valence-corrected chi connectivity index (χ1v) is 12.7. The predicted octanol–water partition coefficient (Wildman–Crippen LogP) is 6.16. The number of rotatable bonds is 3. The third-order valence-corrected chi connectivity index (χ3v) is 9.94. The molecule has 0 heterocycles. The van der Waals surface area contributed by atoms with Crippen molar-refractivity contribution in [3.05, 3.63) is 47.5 Å². The molecule has 0 aromatic heterocycles.